The van der Waals surface area contributed by atoms with Gasteiger partial charge in [0.2, 0.25) is 5.91 Å². The number of rotatable bonds is 6. The highest BCUT2D eigenvalue weighted by atomic mass is 35.5. The first-order valence-electron chi connectivity index (χ1n) is 17.1. The fourth-order valence-electron chi connectivity index (χ4n) is 7.46. The molecule has 4 aliphatic heterocycles. The third-order valence-corrected chi connectivity index (χ3v) is 10.8. The Hall–Kier alpha value is -3.39. The number of hydrogen-bond acceptors (Lipinski definition) is 7. The van der Waals surface area contributed by atoms with Gasteiger partial charge in [-0.2, -0.15) is 13.2 Å². The minimum absolute atomic E-state index is 0.00770. The average molecular weight is 705 g/mol. The second kappa shape index (κ2) is 15.2. The predicted molar refractivity (Wildman–Crippen MR) is 179 cm³/mol. The van der Waals surface area contributed by atoms with Gasteiger partial charge in [-0.05, 0) is 68.0 Å². The maximum Gasteiger partial charge on any atom is 0.417 e. The molecule has 0 bridgehead atoms. The summed E-state index contributed by atoms with van der Waals surface area (Å²) in [6, 6.07) is 11.0. The van der Waals surface area contributed by atoms with Crippen molar-refractivity contribution >= 4 is 35.2 Å². The summed E-state index contributed by atoms with van der Waals surface area (Å²) in [5.74, 6) is -0.482. The van der Waals surface area contributed by atoms with E-state index in [2.05, 4.69) is 27.5 Å². The van der Waals surface area contributed by atoms with Gasteiger partial charge in [-0.1, -0.05) is 35.9 Å². The van der Waals surface area contributed by atoms with Gasteiger partial charge in [-0.3, -0.25) is 14.5 Å². The number of piperidine rings is 2. The molecule has 2 unspecified atom stereocenters. The lowest BCUT2D eigenvalue weighted by molar-refractivity contribution is -0.142. The molecule has 0 radical (unpaired) electrons. The van der Waals surface area contributed by atoms with Crippen LogP contribution >= 0.6 is 11.6 Å². The molecule has 2 atom stereocenters. The van der Waals surface area contributed by atoms with Crippen LogP contribution < -0.4 is 10.6 Å². The monoisotopic (exact) mass is 704 g/mol. The number of anilines is 1. The zero-order chi connectivity index (χ0) is 34.7. The Kier molecular flexibility index (Phi) is 11.0. The molecule has 0 spiro atoms. The van der Waals surface area contributed by atoms with Crippen molar-refractivity contribution < 1.29 is 32.3 Å². The van der Waals surface area contributed by atoms with Crippen molar-refractivity contribution in [3.8, 4) is 0 Å². The number of alkyl halides is 3. The largest absolute Gasteiger partial charge is 0.436 e. The number of nitrogens with zero attached hydrogens (tertiary/aromatic N) is 4. The molecule has 0 saturated carbocycles. The Bertz CT molecular complexity index is 1500. The van der Waals surface area contributed by atoms with E-state index >= 15 is 0 Å². The molecule has 3 fully saturated rings. The number of halogens is 4. The highest BCUT2D eigenvalue weighted by Gasteiger charge is 2.38. The maximum absolute atomic E-state index is 13.9. The van der Waals surface area contributed by atoms with E-state index in [0.717, 1.165) is 56.3 Å². The number of carbonyl (C=O) groups excluding carboxylic acids is 3. The van der Waals surface area contributed by atoms with Crippen molar-refractivity contribution in [2.75, 3.05) is 64.7 Å². The van der Waals surface area contributed by atoms with Crippen molar-refractivity contribution in [2.45, 2.75) is 63.0 Å². The number of benzene rings is 2. The summed E-state index contributed by atoms with van der Waals surface area (Å²) in [5, 5.41) is 5.91. The molecule has 0 aromatic heterocycles. The van der Waals surface area contributed by atoms with Gasteiger partial charge >= 0.3 is 12.3 Å². The SMILES string of the molecule is CN1CCN(C2CCN(C(=O)C(Cc3ccc(C(F)(F)F)c(Cl)c3)OC(=O)N3CCC(C4NCc5ccccc5NC4=O)CC3)CC2)CC1. The summed E-state index contributed by atoms with van der Waals surface area (Å²) in [7, 11) is 2.11. The molecule has 2 aromatic rings. The van der Waals surface area contributed by atoms with Crippen molar-refractivity contribution in [3.63, 3.8) is 0 Å². The topological polar surface area (TPSA) is 97.5 Å². The second-order valence-electron chi connectivity index (χ2n) is 13.6. The van der Waals surface area contributed by atoms with Gasteiger partial charge in [0.1, 0.15) is 0 Å². The van der Waals surface area contributed by atoms with E-state index in [1.54, 1.807) is 9.80 Å². The number of amides is 3. The lowest BCUT2D eigenvalue weighted by Gasteiger charge is -2.42. The Balaban J connectivity index is 1.09. The van der Waals surface area contributed by atoms with Gasteiger partial charge in [-0.25, -0.2) is 4.79 Å². The molecular weight excluding hydrogens is 661 g/mol. The lowest BCUT2D eigenvalue weighted by Crippen LogP contribution is -2.54. The van der Waals surface area contributed by atoms with E-state index in [-0.39, 0.29) is 24.2 Å². The third kappa shape index (κ3) is 8.50. The molecule has 14 heteroatoms. The van der Waals surface area contributed by atoms with Crippen LogP contribution in [0.25, 0.3) is 0 Å². The Morgan fingerprint density at radius 3 is 2.29 bits per heavy atom. The number of piperazine rings is 1. The van der Waals surface area contributed by atoms with Crippen LogP contribution in [0.5, 0.6) is 0 Å². The van der Waals surface area contributed by atoms with Crippen LogP contribution in [0, 0.1) is 5.92 Å². The van der Waals surface area contributed by atoms with Gasteiger partial charge in [0.15, 0.2) is 6.10 Å². The number of likely N-dealkylation sites (tertiary alicyclic amines) is 2. The Morgan fingerprint density at radius 2 is 1.61 bits per heavy atom. The smallest absolute Gasteiger partial charge is 0.417 e. The minimum Gasteiger partial charge on any atom is -0.436 e. The standard InChI is InChI=1S/C35H44ClF3N6O4/c1-42-16-18-43(19-17-42)26-10-14-44(15-11-26)33(47)30(21-23-6-7-27(28(36)20-23)35(37,38)39)49-34(48)45-12-8-24(9-13-45)31-32(46)41-29-5-3-2-4-25(29)22-40-31/h2-7,20,24,26,30-31,40H,8-19,21-22H2,1H3,(H,41,46). The van der Waals surface area contributed by atoms with Gasteiger partial charge in [0.25, 0.3) is 5.91 Å². The molecule has 266 valence electrons. The van der Waals surface area contributed by atoms with E-state index in [1.165, 1.54) is 12.1 Å². The van der Waals surface area contributed by atoms with Crippen LogP contribution in [0.4, 0.5) is 23.7 Å². The molecule has 4 aliphatic rings. The maximum atomic E-state index is 13.9. The van der Waals surface area contributed by atoms with Crippen LogP contribution in [-0.2, 0) is 33.5 Å². The molecule has 2 aromatic carbocycles. The van der Waals surface area contributed by atoms with Gasteiger partial charge in [-0.15, -0.1) is 0 Å². The summed E-state index contributed by atoms with van der Waals surface area (Å²) in [4.78, 5) is 48.5. The first-order valence-corrected chi connectivity index (χ1v) is 17.5. The number of para-hydroxylation sites is 1. The predicted octanol–water partition coefficient (Wildman–Crippen LogP) is 4.47. The fraction of sp³-hybridized carbons (Fsp3) is 0.571. The van der Waals surface area contributed by atoms with Gasteiger partial charge in [0.05, 0.1) is 16.6 Å². The Morgan fingerprint density at radius 1 is 0.939 bits per heavy atom. The molecule has 49 heavy (non-hydrogen) atoms. The highest BCUT2D eigenvalue weighted by molar-refractivity contribution is 6.31. The van der Waals surface area contributed by atoms with E-state index in [9.17, 15) is 27.6 Å². The van der Waals surface area contributed by atoms with E-state index in [4.69, 9.17) is 16.3 Å². The normalized spacial score (nSPS) is 22.6. The molecule has 4 heterocycles. The van der Waals surface area contributed by atoms with Crippen LogP contribution in [0.1, 0.15) is 42.4 Å². The van der Waals surface area contributed by atoms with E-state index in [1.807, 2.05) is 24.3 Å². The summed E-state index contributed by atoms with van der Waals surface area (Å²) < 4.78 is 46.0. The molecule has 2 N–H and O–H groups in total. The van der Waals surface area contributed by atoms with Gasteiger partial charge < -0.3 is 30.1 Å². The summed E-state index contributed by atoms with van der Waals surface area (Å²) in [5.41, 5.74) is 1.19. The number of ether oxygens (including phenoxy) is 1. The number of hydrogen-bond donors (Lipinski definition) is 2. The molecule has 3 saturated heterocycles. The van der Waals surface area contributed by atoms with E-state index in [0.29, 0.717) is 57.2 Å². The number of likely N-dealkylation sites (N-methyl/N-ethyl adjacent to an activating group) is 1. The first-order chi connectivity index (χ1) is 23.5. The summed E-state index contributed by atoms with van der Waals surface area (Å²) >= 11 is 6.00. The molecule has 0 aliphatic carbocycles. The van der Waals surface area contributed by atoms with Crippen LogP contribution in [0.3, 0.4) is 0 Å². The molecule has 6 rings (SSSR count). The van der Waals surface area contributed by atoms with Crippen LogP contribution in [0.15, 0.2) is 42.5 Å². The summed E-state index contributed by atoms with van der Waals surface area (Å²) in [6.07, 6.45) is -3.91. The third-order valence-electron chi connectivity index (χ3n) is 10.4. The zero-order valence-corrected chi connectivity index (χ0v) is 28.4. The highest BCUT2D eigenvalue weighted by Crippen LogP contribution is 2.35. The number of fused-ring (bicyclic) bond motifs is 1. The van der Waals surface area contributed by atoms with Crippen LogP contribution in [0.2, 0.25) is 5.02 Å². The zero-order valence-electron chi connectivity index (χ0n) is 27.7. The number of carbonyl (C=O) groups is 3. The summed E-state index contributed by atoms with van der Waals surface area (Å²) in [6.45, 7) is 6.20. The molecule has 10 nitrogen and oxygen atoms in total. The molecular formula is C35H44ClF3N6O4. The van der Waals surface area contributed by atoms with E-state index < -0.39 is 35.0 Å². The van der Waals surface area contributed by atoms with Crippen molar-refractivity contribution in [1.82, 2.24) is 24.9 Å². The second-order valence-corrected chi connectivity index (χ2v) is 14.0. The van der Waals surface area contributed by atoms with Crippen LogP contribution in [-0.4, -0.2) is 115 Å². The average Bonchev–Trinajstić information content (AvgIpc) is 3.25. The Labute approximate surface area is 289 Å². The number of nitrogens with one attached hydrogen (secondary N) is 2. The fourth-order valence-corrected chi connectivity index (χ4v) is 7.77. The van der Waals surface area contributed by atoms with Crippen molar-refractivity contribution in [3.05, 3.63) is 64.2 Å². The van der Waals surface area contributed by atoms with Crippen molar-refractivity contribution in [2.24, 2.45) is 5.92 Å². The lowest BCUT2D eigenvalue weighted by atomic mass is 9.89. The van der Waals surface area contributed by atoms with Crippen molar-refractivity contribution in [1.29, 1.82) is 0 Å². The first kappa shape index (κ1) is 35.4. The molecule has 3 amide bonds. The minimum atomic E-state index is -4.62. The quantitative estimate of drug-likeness (QED) is 0.459. The van der Waals surface area contributed by atoms with Gasteiger partial charge in [0, 0.05) is 77.1 Å².